The maximum atomic E-state index is 11.0. The fraction of sp³-hybridized carbons (Fsp3) is 0.0714. The van der Waals surface area contributed by atoms with Crippen molar-refractivity contribution in [3.63, 3.8) is 0 Å². The van der Waals surface area contributed by atoms with Crippen molar-refractivity contribution in [1.29, 1.82) is 0 Å². The summed E-state index contributed by atoms with van der Waals surface area (Å²) in [6.45, 7) is 1.41. The van der Waals surface area contributed by atoms with Crippen molar-refractivity contribution in [2.24, 2.45) is 0 Å². The van der Waals surface area contributed by atoms with Crippen LogP contribution in [0.25, 0.3) is 22.6 Å². The van der Waals surface area contributed by atoms with Crippen LogP contribution < -0.4 is 5.32 Å². The summed E-state index contributed by atoms with van der Waals surface area (Å²) in [4.78, 5) is 22.5. The monoisotopic (exact) mass is 268 g/mol. The molecule has 1 amide bonds. The van der Waals surface area contributed by atoms with E-state index in [2.05, 4.69) is 20.3 Å². The van der Waals surface area contributed by atoms with Crippen LogP contribution in [0.2, 0.25) is 0 Å². The Balaban J connectivity index is 2.03. The SMILES string of the molecule is CC(=O)Nc1ccc(-c2nc3ncccc3[nH]2)c(O)c1. The Labute approximate surface area is 114 Å². The predicted octanol–water partition coefficient (Wildman–Crippen LogP) is 2.29. The summed E-state index contributed by atoms with van der Waals surface area (Å²) in [5.74, 6) is 0.381. The van der Waals surface area contributed by atoms with E-state index in [0.717, 1.165) is 5.52 Å². The van der Waals surface area contributed by atoms with Gasteiger partial charge < -0.3 is 15.4 Å². The minimum absolute atomic E-state index is 0.0373. The van der Waals surface area contributed by atoms with Crippen LogP contribution in [0.1, 0.15) is 6.92 Å². The van der Waals surface area contributed by atoms with E-state index in [1.807, 2.05) is 12.1 Å². The number of aromatic hydroxyl groups is 1. The van der Waals surface area contributed by atoms with Gasteiger partial charge in [0, 0.05) is 24.9 Å². The molecule has 0 bridgehead atoms. The average molecular weight is 268 g/mol. The molecule has 0 spiro atoms. The summed E-state index contributed by atoms with van der Waals surface area (Å²) in [5, 5.41) is 12.7. The van der Waals surface area contributed by atoms with Crippen molar-refractivity contribution in [3.05, 3.63) is 36.5 Å². The summed E-state index contributed by atoms with van der Waals surface area (Å²) in [7, 11) is 0. The highest BCUT2D eigenvalue weighted by atomic mass is 16.3. The zero-order chi connectivity index (χ0) is 14.1. The smallest absolute Gasteiger partial charge is 0.221 e. The Hall–Kier alpha value is -2.89. The Morgan fingerprint density at radius 1 is 1.35 bits per heavy atom. The maximum absolute atomic E-state index is 11.0. The van der Waals surface area contributed by atoms with Gasteiger partial charge in [-0.1, -0.05) is 0 Å². The molecule has 100 valence electrons. The summed E-state index contributed by atoms with van der Waals surface area (Å²) in [5.41, 5.74) is 2.48. The zero-order valence-corrected chi connectivity index (χ0v) is 10.7. The van der Waals surface area contributed by atoms with Crippen LogP contribution in [0.5, 0.6) is 5.75 Å². The van der Waals surface area contributed by atoms with Gasteiger partial charge in [-0.05, 0) is 24.3 Å². The largest absolute Gasteiger partial charge is 0.507 e. The van der Waals surface area contributed by atoms with Gasteiger partial charge in [0.05, 0.1) is 11.1 Å². The fourth-order valence-electron chi connectivity index (χ4n) is 1.99. The van der Waals surface area contributed by atoms with Gasteiger partial charge in [-0.25, -0.2) is 9.97 Å². The standard InChI is InChI=1S/C14H12N4O2/c1-8(19)16-9-4-5-10(12(20)7-9)13-17-11-3-2-6-15-14(11)18-13/h2-7,20H,1H3,(H,16,19)(H,15,17,18). The molecule has 0 saturated heterocycles. The number of rotatable bonds is 2. The molecule has 0 aliphatic carbocycles. The molecule has 0 fully saturated rings. The van der Waals surface area contributed by atoms with Crippen molar-refractivity contribution in [2.75, 3.05) is 5.32 Å². The number of amides is 1. The number of phenolic OH excluding ortho intramolecular Hbond substituents is 1. The highest BCUT2D eigenvalue weighted by Crippen LogP contribution is 2.30. The molecular weight excluding hydrogens is 256 g/mol. The number of fused-ring (bicyclic) bond motifs is 1. The molecule has 2 heterocycles. The van der Waals surface area contributed by atoms with Crippen molar-refractivity contribution >= 4 is 22.8 Å². The Bertz CT molecular complexity index is 762. The van der Waals surface area contributed by atoms with E-state index in [-0.39, 0.29) is 11.7 Å². The number of nitrogens with one attached hydrogen (secondary N) is 2. The number of aromatic nitrogens is 3. The van der Waals surface area contributed by atoms with Crippen LogP contribution in [0.3, 0.4) is 0 Å². The van der Waals surface area contributed by atoms with Gasteiger partial charge in [-0.2, -0.15) is 0 Å². The lowest BCUT2D eigenvalue weighted by Crippen LogP contribution is -2.05. The maximum Gasteiger partial charge on any atom is 0.221 e. The first-order chi connectivity index (χ1) is 9.63. The van der Waals surface area contributed by atoms with E-state index in [0.29, 0.717) is 22.7 Å². The van der Waals surface area contributed by atoms with E-state index in [4.69, 9.17) is 0 Å². The highest BCUT2D eigenvalue weighted by molar-refractivity contribution is 5.89. The molecule has 3 rings (SSSR count). The summed E-state index contributed by atoms with van der Waals surface area (Å²) >= 11 is 0. The normalized spacial score (nSPS) is 10.7. The number of pyridine rings is 1. The van der Waals surface area contributed by atoms with E-state index >= 15 is 0 Å². The summed E-state index contributed by atoms with van der Waals surface area (Å²) < 4.78 is 0. The molecule has 0 saturated carbocycles. The molecule has 0 atom stereocenters. The third-order valence-corrected chi connectivity index (χ3v) is 2.83. The van der Waals surface area contributed by atoms with Gasteiger partial charge in [0.15, 0.2) is 5.65 Å². The number of carbonyl (C=O) groups is 1. The number of benzene rings is 1. The number of hydrogen-bond donors (Lipinski definition) is 3. The number of H-pyrrole nitrogens is 1. The van der Waals surface area contributed by atoms with Gasteiger partial charge in [-0.3, -0.25) is 4.79 Å². The van der Waals surface area contributed by atoms with Crippen LogP contribution in [0, 0.1) is 0 Å². The average Bonchev–Trinajstić information content (AvgIpc) is 2.81. The Morgan fingerprint density at radius 2 is 2.20 bits per heavy atom. The van der Waals surface area contributed by atoms with Crippen LogP contribution >= 0.6 is 0 Å². The van der Waals surface area contributed by atoms with Crippen LogP contribution in [-0.2, 0) is 4.79 Å². The van der Waals surface area contributed by atoms with Gasteiger partial charge in [0.1, 0.15) is 11.6 Å². The van der Waals surface area contributed by atoms with E-state index < -0.39 is 0 Å². The number of phenols is 1. The first-order valence-electron chi connectivity index (χ1n) is 6.05. The molecule has 1 aromatic carbocycles. The third kappa shape index (κ3) is 2.18. The number of aromatic amines is 1. The third-order valence-electron chi connectivity index (χ3n) is 2.83. The molecule has 6 nitrogen and oxygen atoms in total. The molecule has 2 aromatic heterocycles. The molecule has 6 heteroatoms. The topological polar surface area (TPSA) is 90.9 Å². The predicted molar refractivity (Wildman–Crippen MR) is 75.3 cm³/mol. The lowest BCUT2D eigenvalue weighted by atomic mass is 10.1. The second-order valence-electron chi connectivity index (χ2n) is 4.37. The zero-order valence-electron chi connectivity index (χ0n) is 10.7. The quantitative estimate of drug-likeness (QED) is 0.665. The van der Waals surface area contributed by atoms with E-state index in [9.17, 15) is 9.90 Å². The van der Waals surface area contributed by atoms with E-state index in [1.54, 1.807) is 18.3 Å². The minimum Gasteiger partial charge on any atom is -0.507 e. The lowest BCUT2D eigenvalue weighted by Gasteiger charge is -2.05. The minimum atomic E-state index is -0.190. The second kappa shape index (κ2) is 4.65. The van der Waals surface area contributed by atoms with Gasteiger partial charge >= 0.3 is 0 Å². The number of anilines is 1. The van der Waals surface area contributed by atoms with Gasteiger partial charge in [0.25, 0.3) is 0 Å². The van der Waals surface area contributed by atoms with Crippen LogP contribution in [-0.4, -0.2) is 26.0 Å². The van der Waals surface area contributed by atoms with Crippen LogP contribution in [0.15, 0.2) is 36.5 Å². The Morgan fingerprint density at radius 3 is 2.90 bits per heavy atom. The molecule has 0 radical (unpaired) electrons. The van der Waals surface area contributed by atoms with Gasteiger partial charge in [0.2, 0.25) is 5.91 Å². The summed E-state index contributed by atoms with van der Waals surface area (Å²) in [6.07, 6.45) is 1.66. The Kier molecular flexibility index (Phi) is 2.83. The molecule has 20 heavy (non-hydrogen) atoms. The summed E-state index contributed by atoms with van der Waals surface area (Å²) in [6, 6.07) is 8.55. The molecule has 0 aliphatic rings. The highest BCUT2D eigenvalue weighted by Gasteiger charge is 2.11. The molecule has 0 unspecified atom stereocenters. The molecule has 0 aliphatic heterocycles. The number of carbonyl (C=O) groups excluding carboxylic acids is 1. The lowest BCUT2D eigenvalue weighted by molar-refractivity contribution is -0.114. The van der Waals surface area contributed by atoms with Crippen molar-refractivity contribution in [1.82, 2.24) is 15.0 Å². The van der Waals surface area contributed by atoms with Crippen molar-refractivity contribution < 1.29 is 9.90 Å². The molecule has 3 aromatic rings. The van der Waals surface area contributed by atoms with Crippen molar-refractivity contribution in [3.8, 4) is 17.1 Å². The van der Waals surface area contributed by atoms with Crippen LogP contribution in [0.4, 0.5) is 5.69 Å². The second-order valence-corrected chi connectivity index (χ2v) is 4.37. The van der Waals surface area contributed by atoms with Gasteiger partial charge in [-0.15, -0.1) is 0 Å². The molecule has 3 N–H and O–H groups in total. The van der Waals surface area contributed by atoms with E-state index in [1.165, 1.54) is 13.0 Å². The fourth-order valence-corrected chi connectivity index (χ4v) is 1.99. The van der Waals surface area contributed by atoms with Crippen molar-refractivity contribution in [2.45, 2.75) is 6.92 Å². The number of nitrogens with zero attached hydrogens (tertiary/aromatic N) is 2. The molecular formula is C14H12N4O2. The number of hydrogen-bond acceptors (Lipinski definition) is 4. The first-order valence-corrected chi connectivity index (χ1v) is 6.05. The number of imidazole rings is 1. The first kappa shape index (κ1) is 12.2.